The molecule has 6 heteroatoms. The van der Waals surface area contributed by atoms with E-state index in [1.54, 1.807) is 6.08 Å². The predicted molar refractivity (Wildman–Crippen MR) is 71.3 cm³/mol. The minimum Gasteiger partial charge on any atom is -0.548 e. The van der Waals surface area contributed by atoms with Crippen molar-refractivity contribution in [3.8, 4) is 0 Å². The molecule has 1 heterocycles. The van der Waals surface area contributed by atoms with Gasteiger partial charge in [0, 0.05) is 0 Å². The van der Waals surface area contributed by atoms with E-state index in [2.05, 4.69) is 0 Å². The molecular weight excluding hydrogens is 270 g/mol. The van der Waals surface area contributed by atoms with Crippen LogP contribution in [-0.4, -0.2) is 27.6 Å². The second-order valence-corrected chi connectivity index (χ2v) is 5.23. The first-order valence-electron chi connectivity index (χ1n) is 5.08. The van der Waals surface area contributed by atoms with Crippen LogP contribution in [0.1, 0.15) is 5.56 Å². The van der Waals surface area contributed by atoms with Crippen molar-refractivity contribution in [3.05, 3.63) is 40.8 Å². The van der Waals surface area contributed by atoms with Crippen LogP contribution in [0, 0.1) is 0 Å². The lowest BCUT2D eigenvalue weighted by Gasteiger charge is -2.14. The van der Waals surface area contributed by atoms with E-state index in [0.29, 0.717) is 4.91 Å². The summed E-state index contributed by atoms with van der Waals surface area (Å²) < 4.78 is 0.242. The maximum absolute atomic E-state index is 11.9. The van der Waals surface area contributed by atoms with Crippen molar-refractivity contribution >= 4 is 46.3 Å². The van der Waals surface area contributed by atoms with Crippen molar-refractivity contribution in [2.24, 2.45) is 0 Å². The van der Waals surface area contributed by atoms with Gasteiger partial charge in [0.1, 0.15) is 4.32 Å². The van der Waals surface area contributed by atoms with Crippen molar-refractivity contribution in [2.45, 2.75) is 0 Å². The van der Waals surface area contributed by atoms with Crippen LogP contribution < -0.4 is 5.11 Å². The van der Waals surface area contributed by atoms with Crippen LogP contribution in [0.2, 0.25) is 0 Å². The van der Waals surface area contributed by atoms with Crippen LogP contribution in [-0.2, 0) is 9.59 Å². The molecule has 0 N–H and O–H groups in total. The largest absolute Gasteiger partial charge is 0.548 e. The quantitative estimate of drug-likeness (QED) is 0.600. The molecule has 0 saturated carbocycles. The zero-order chi connectivity index (χ0) is 13.1. The minimum atomic E-state index is -1.33. The van der Waals surface area contributed by atoms with Crippen LogP contribution in [0.3, 0.4) is 0 Å². The number of hydrogen-bond donors (Lipinski definition) is 0. The summed E-state index contributed by atoms with van der Waals surface area (Å²) in [7, 11) is 0. The van der Waals surface area contributed by atoms with Gasteiger partial charge < -0.3 is 9.90 Å². The topological polar surface area (TPSA) is 60.4 Å². The fourth-order valence-corrected chi connectivity index (χ4v) is 2.72. The minimum absolute atomic E-state index is 0.242. The van der Waals surface area contributed by atoms with Crippen molar-refractivity contribution in [2.75, 3.05) is 6.54 Å². The Morgan fingerprint density at radius 2 is 2.06 bits per heavy atom. The number of carbonyl (C=O) groups excluding carboxylic acids is 2. The fourth-order valence-electron chi connectivity index (χ4n) is 1.47. The molecule has 1 aliphatic heterocycles. The van der Waals surface area contributed by atoms with Gasteiger partial charge >= 0.3 is 0 Å². The monoisotopic (exact) mass is 278 g/mol. The van der Waals surface area contributed by atoms with Gasteiger partial charge in [0.05, 0.1) is 17.4 Å². The molecule has 0 radical (unpaired) electrons. The van der Waals surface area contributed by atoms with Crippen molar-refractivity contribution in [1.82, 2.24) is 4.90 Å². The summed E-state index contributed by atoms with van der Waals surface area (Å²) in [5.74, 6) is -1.72. The molecule has 1 aromatic carbocycles. The lowest BCUT2D eigenvalue weighted by molar-refractivity contribution is -0.305. The van der Waals surface area contributed by atoms with Crippen LogP contribution in [0.5, 0.6) is 0 Å². The number of amides is 1. The summed E-state index contributed by atoms with van der Waals surface area (Å²) in [6.07, 6.45) is 1.69. The number of hydrogen-bond acceptors (Lipinski definition) is 5. The Labute approximate surface area is 113 Å². The van der Waals surface area contributed by atoms with E-state index in [4.69, 9.17) is 12.2 Å². The summed E-state index contributed by atoms with van der Waals surface area (Å²) in [4.78, 5) is 23.9. The molecule has 4 nitrogen and oxygen atoms in total. The Hall–Kier alpha value is -1.66. The number of thiocarbonyl (C=S) groups is 1. The first kappa shape index (κ1) is 12.8. The lowest BCUT2D eigenvalue weighted by Crippen LogP contribution is -2.40. The molecule has 1 aromatic rings. The Bertz CT molecular complexity index is 540. The lowest BCUT2D eigenvalue weighted by atomic mass is 10.2. The van der Waals surface area contributed by atoms with E-state index in [-0.39, 0.29) is 4.32 Å². The maximum atomic E-state index is 11.9. The number of nitrogens with zero attached hydrogens (tertiary/aromatic N) is 1. The third kappa shape index (κ3) is 2.77. The van der Waals surface area contributed by atoms with E-state index in [9.17, 15) is 14.7 Å². The zero-order valence-electron chi connectivity index (χ0n) is 9.16. The third-order valence-corrected chi connectivity index (χ3v) is 3.64. The summed E-state index contributed by atoms with van der Waals surface area (Å²) in [5, 5.41) is 10.5. The normalized spacial score (nSPS) is 17.6. The fraction of sp³-hybridized carbons (Fsp3) is 0.0833. The van der Waals surface area contributed by atoms with Crippen molar-refractivity contribution in [3.63, 3.8) is 0 Å². The molecule has 18 heavy (non-hydrogen) atoms. The molecular formula is C12H8NO3S2-. The molecule has 0 bridgehead atoms. The van der Waals surface area contributed by atoms with Gasteiger partial charge in [-0.2, -0.15) is 0 Å². The first-order valence-corrected chi connectivity index (χ1v) is 6.30. The van der Waals surface area contributed by atoms with E-state index in [0.717, 1.165) is 22.2 Å². The predicted octanol–water partition coefficient (Wildman–Crippen LogP) is 0.638. The summed E-state index contributed by atoms with van der Waals surface area (Å²) >= 11 is 6.06. The third-order valence-electron chi connectivity index (χ3n) is 2.26. The number of aliphatic carboxylic acids is 1. The highest BCUT2D eigenvalue weighted by Crippen LogP contribution is 2.32. The summed E-state index contributed by atoms with van der Waals surface area (Å²) in [5.41, 5.74) is 0.867. The second kappa shape index (κ2) is 5.32. The molecule has 1 aliphatic rings. The smallest absolute Gasteiger partial charge is 0.266 e. The average Bonchev–Trinajstić information content (AvgIpc) is 2.58. The van der Waals surface area contributed by atoms with E-state index >= 15 is 0 Å². The molecule has 0 aliphatic carbocycles. The average molecular weight is 278 g/mol. The maximum Gasteiger partial charge on any atom is 0.266 e. The van der Waals surface area contributed by atoms with E-state index in [1.807, 2.05) is 30.3 Å². The number of carboxylic acid groups (broad SMARTS) is 1. The summed E-state index contributed by atoms with van der Waals surface area (Å²) in [6, 6.07) is 9.29. The van der Waals surface area contributed by atoms with Crippen molar-refractivity contribution in [1.29, 1.82) is 0 Å². The number of carbonyl (C=O) groups is 2. The molecule has 92 valence electrons. The van der Waals surface area contributed by atoms with Crippen LogP contribution in [0.15, 0.2) is 35.2 Å². The molecule has 0 spiro atoms. The highest BCUT2D eigenvalue weighted by atomic mass is 32.2. The standard InChI is InChI=1S/C12H9NO3S2/c14-10(15)7-13-11(16)9(18-12(13)17)6-8-4-2-1-3-5-8/h1-6H,7H2,(H,14,15)/p-1/b9-6+. The van der Waals surface area contributed by atoms with Gasteiger partial charge in [0.2, 0.25) is 0 Å². The first-order chi connectivity index (χ1) is 8.58. The zero-order valence-corrected chi connectivity index (χ0v) is 10.8. The molecule has 0 atom stereocenters. The van der Waals surface area contributed by atoms with Gasteiger partial charge in [0.25, 0.3) is 5.91 Å². The number of carboxylic acids is 1. The van der Waals surface area contributed by atoms with Gasteiger partial charge in [0.15, 0.2) is 0 Å². The molecule has 1 amide bonds. The molecule has 0 unspecified atom stereocenters. The van der Waals surface area contributed by atoms with Gasteiger partial charge in [-0.05, 0) is 11.6 Å². The number of benzene rings is 1. The Balaban J connectivity index is 2.23. The van der Waals surface area contributed by atoms with Crippen LogP contribution >= 0.6 is 24.0 Å². The van der Waals surface area contributed by atoms with Gasteiger partial charge in [-0.25, -0.2) is 0 Å². The van der Waals surface area contributed by atoms with E-state index in [1.165, 1.54) is 0 Å². The van der Waals surface area contributed by atoms with Gasteiger partial charge in [-0.3, -0.25) is 9.69 Å². The van der Waals surface area contributed by atoms with Crippen LogP contribution in [0.25, 0.3) is 6.08 Å². The Morgan fingerprint density at radius 3 is 2.67 bits per heavy atom. The highest BCUT2D eigenvalue weighted by Gasteiger charge is 2.31. The Kier molecular flexibility index (Phi) is 3.78. The van der Waals surface area contributed by atoms with E-state index < -0.39 is 18.4 Å². The van der Waals surface area contributed by atoms with Gasteiger partial charge in [-0.15, -0.1) is 0 Å². The molecule has 1 saturated heterocycles. The molecule has 1 fully saturated rings. The van der Waals surface area contributed by atoms with Gasteiger partial charge in [-0.1, -0.05) is 54.3 Å². The SMILES string of the molecule is O=C([O-])CN1C(=O)/C(=C\c2ccccc2)SC1=S. The summed E-state index contributed by atoms with van der Waals surface area (Å²) in [6.45, 7) is -0.503. The molecule has 0 aromatic heterocycles. The number of rotatable bonds is 3. The number of thioether (sulfide) groups is 1. The Morgan fingerprint density at radius 1 is 1.39 bits per heavy atom. The van der Waals surface area contributed by atoms with Crippen molar-refractivity contribution < 1.29 is 14.7 Å². The van der Waals surface area contributed by atoms with Crippen LogP contribution in [0.4, 0.5) is 0 Å². The highest BCUT2D eigenvalue weighted by molar-refractivity contribution is 8.26. The second-order valence-electron chi connectivity index (χ2n) is 3.55. The molecule has 2 rings (SSSR count).